The predicted molar refractivity (Wildman–Crippen MR) is 110 cm³/mol. The molecule has 0 aromatic heterocycles. The third kappa shape index (κ3) is 4.93. The average Bonchev–Trinajstić information content (AvgIpc) is 3.12. The summed E-state index contributed by atoms with van der Waals surface area (Å²) in [4.78, 5) is 0. The quantitative estimate of drug-likeness (QED) is 0.458. The summed E-state index contributed by atoms with van der Waals surface area (Å²) in [7, 11) is 9.38. The molecule has 4 rings (SSSR count). The summed E-state index contributed by atoms with van der Waals surface area (Å²) >= 11 is -0.826. The molecule has 0 bridgehead atoms. The molecular weight excluding hydrogens is 445 g/mol. The number of halogens is 2. The van der Waals surface area contributed by atoms with Crippen LogP contribution in [0, 0.1) is 0 Å². The van der Waals surface area contributed by atoms with Crippen molar-refractivity contribution in [3.63, 3.8) is 0 Å². The van der Waals surface area contributed by atoms with Crippen molar-refractivity contribution in [2.75, 3.05) is 0 Å². The molecule has 0 radical (unpaired) electrons. The van der Waals surface area contributed by atoms with E-state index in [0.717, 1.165) is 6.42 Å². The fourth-order valence-electron chi connectivity index (χ4n) is 2.98. The van der Waals surface area contributed by atoms with Crippen LogP contribution in [0.1, 0.15) is 11.1 Å². The zero-order valence-corrected chi connectivity index (χ0v) is 18.4. The Balaban J connectivity index is 0.000000569. The molecule has 0 amide bonds. The van der Waals surface area contributed by atoms with E-state index < -0.39 is 28.8 Å². The van der Waals surface area contributed by atoms with Gasteiger partial charge in [-0.1, -0.05) is 84.9 Å². The van der Waals surface area contributed by atoms with Crippen molar-refractivity contribution in [3.05, 3.63) is 96.1 Å². The van der Waals surface area contributed by atoms with Gasteiger partial charge in [0.15, 0.2) is 0 Å². The van der Waals surface area contributed by atoms with Crippen LogP contribution in [0.2, 0.25) is 0 Å². The molecule has 0 unspecified atom stereocenters. The summed E-state index contributed by atoms with van der Waals surface area (Å²) in [5.74, 6) is 0. The zero-order valence-electron chi connectivity index (χ0n) is 13.6. The molecule has 124 valence electrons. The van der Waals surface area contributed by atoms with E-state index in [1.165, 1.54) is 27.0 Å². The Morgan fingerprint density at radius 3 is 1.84 bits per heavy atom. The van der Waals surface area contributed by atoms with E-state index in [1.807, 2.05) is 0 Å². The molecule has 0 spiro atoms. The third-order valence-corrected chi connectivity index (χ3v) is 6.48. The number of benzene rings is 3. The maximum absolute atomic E-state index is 4.93. The van der Waals surface area contributed by atoms with E-state index >= 15 is 0 Å². The molecule has 4 heteroatoms. The summed E-state index contributed by atoms with van der Waals surface area (Å²) in [5, 5.41) is 4.24. The topological polar surface area (TPSA) is 0 Å². The molecular formula is C21H17Cl2PZr. The summed E-state index contributed by atoms with van der Waals surface area (Å²) in [5.41, 5.74) is 2.83. The molecule has 1 aliphatic rings. The van der Waals surface area contributed by atoms with Crippen molar-refractivity contribution in [2.45, 2.75) is 6.42 Å². The molecule has 0 atom stereocenters. The number of fused-ring (bicyclic) bond motifs is 1. The van der Waals surface area contributed by atoms with Crippen molar-refractivity contribution in [1.82, 2.24) is 0 Å². The van der Waals surface area contributed by atoms with Crippen LogP contribution in [0.25, 0.3) is 6.08 Å². The molecule has 3 aromatic rings. The molecule has 0 fully saturated rings. The first-order chi connectivity index (χ1) is 12.3. The Bertz CT molecular complexity index is 796. The van der Waals surface area contributed by atoms with Gasteiger partial charge in [-0.25, -0.2) is 0 Å². The van der Waals surface area contributed by atoms with E-state index in [-0.39, 0.29) is 0 Å². The number of allylic oxidation sites excluding steroid dienone is 1. The van der Waals surface area contributed by atoms with Crippen LogP contribution < -0.4 is 15.9 Å². The van der Waals surface area contributed by atoms with Gasteiger partial charge in [0, 0.05) is 0 Å². The molecule has 1 aliphatic carbocycles. The molecule has 0 N–H and O–H groups in total. The van der Waals surface area contributed by atoms with Crippen molar-refractivity contribution in [2.24, 2.45) is 0 Å². The van der Waals surface area contributed by atoms with Gasteiger partial charge in [-0.15, -0.1) is 0 Å². The van der Waals surface area contributed by atoms with Gasteiger partial charge in [-0.2, -0.15) is 0 Å². The van der Waals surface area contributed by atoms with Gasteiger partial charge in [-0.3, -0.25) is 0 Å². The van der Waals surface area contributed by atoms with Crippen LogP contribution in [-0.2, 0) is 27.3 Å². The second-order valence-electron chi connectivity index (χ2n) is 5.57. The van der Waals surface area contributed by atoms with E-state index in [4.69, 9.17) is 17.0 Å². The van der Waals surface area contributed by atoms with Crippen LogP contribution >= 0.6 is 24.9 Å². The first-order valence-electron chi connectivity index (χ1n) is 7.99. The minimum atomic E-state index is -0.826. The average molecular weight is 462 g/mol. The Morgan fingerprint density at radius 2 is 1.28 bits per heavy atom. The Morgan fingerprint density at radius 1 is 0.720 bits per heavy atom. The molecule has 0 saturated carbocycles. The van der Waals surface area contributed by atoms with E-state index in [9.17, 15) is 0 Å². The van der Waals surface area contributed by atoms with Gasteiger partial charge in [0.2, 0.25) is 0 Å². The van der Waals surface area contributed by atoms with Crippen molar-refractivity contribution >= 4 is 46.9 Å². The summed E-state index contributed by atoms with van der Waals surface area (Å²) in [6.07, 6.45) is 5.58. The Labute approximate surface area is 169 Å². The first kappa shape index (κ1) is 19.1. The molecule has 0 aliphatic heterocycles. The van der Waals surface area contributed by atoms with E-state index in [1.54, 1.807) is 0 Å². The van der Waals surface area contributed by atoms with Crippen LogP contribution in [-0.4, -0.2) is 0 Å². The summed E-state index contributed by atoms with van der Waals surface area (Å²) in [6.45, 7) is 0. The van der Waals surface area contributed by atoms with Gasteiger partial charge in [0.25, 0.3) is 0 Å². The van der Waals surface area contributed by atoms with Crippen molar-refractivity contribution in [3.8, 4) is 0 Å². The molecule has 0 saturated heterocycles. The first-order valence-corrected chi connectivity index (χ1v) is 15.7. The van der Waals surface area contributed by atoms with Crippen LogP contribution in [0.5, 0.6) is 0 Å². The molecule has 3 aromatic carbocycles. The molecule has 0 heterocycles. The maximum atomic E-state index is 4.93. The SMILES string of the molecule is C1=Cc2cc(P(c3ccccc3)c3ccccc3)ccc2C1.[Cl][Zr][Cl]. The van der Waals surface area contributed by atoms with Crippen molar-refractivity contribution in [1.29, 1.82) is 0 Å². The van der Waals surface area contributed by atoms with Gasteiger partial charge in [-0.05, 0) is 47.4 Å². The normalized spacial score (nSPS) is 11.6. The minimum absolute atomic E-state index is 0.486. The Kier molecular flexibility index (Phi) is 7.51. The molecule has 0 nitrogen and oxygen atoms in total. The summed E-state index contributed by atoms with van der Waals surface area (Å²) in [6, 6.07) is 28.7. The molecule has 25 heavy (non-hydrogen) atoms. The number of hydrogen-bond acceptors (Lipinski definition) is 0. The zero-order chi connectivity index (χ0) is 17.5. The number of hydrogen-bond donors (Lipinski definition) is 0. The monoisotopic (exact) mass is 460 g/mol. The van der Waals surface area contributed by atoms with Gasteiger partial charge < -0.3 is 0 Å². The fraction of sp³-hybridized carbons (Fsp3) is 0.0476. The van der Waals surface area contributed by atoms with Crippen molar-refractivity contribution < 1.29 is 20.8 Å². The third-order valence-electron chi connectivity index (χ3n) is 4.05. The van der Waals surface area contributed by atoms with E-state index in [2.05, 4.69) is 91.0 Å². The standard InChI is InChI=1S/C21H17P.2ClH.Zr/c1-3-10-19(11-4-1)22(20-12-5-2-6-13-20)21-15-14-17-8-7-9-18(17)16-21;;;/h1-7,9-16H,8H2;2*1H;/q;;;+2/p-2. The second-order valence-corrected chi connectivity index (χ2v) is 11.5. The van der Waals surface area contributed by atoms with Crippen LogP contribution in [0.3, 0.4) is 0 Å². The number of rotatable bonds is 3. The van der Waals surface area contributed by atoms with Crippen LogP contribution in [0.4, 0.5) is 0 Å². The van der Waals surface area contributed by atoms with Gasteiger partial charge in [0.05, 0.1) is 0 Å². The predicted octanol–water partition coefficient (Wildman–Crippen LogP) is 5.39. The van der Waals surface area contributed by atoms with Gasteiger partial charge in [0.1, 0.15) is 0 Å². The van der Waals surface area contributed by atoms with Crippen LogP contribution in [0.15, 0.2) is 84.9 Å². The second kappa shape index (κ2) is 9.84. The van der Waals surface area contributed by atoms with E-state index in [0.29, 0.717) is 0 Å². The van der Waals surface area contributed by atoms with Gasteiger partial charge >= 0.3 is 37.9 Å². The summed E-state index contributed by atoms with van der Waals surface area (Å²) < 4.78 is 0. The Hall–Kier alpha value is -0.707. The fourth-order valence-corrected chi connectivity index (χ4v) is 5.30.